The molecule has 7 nitrogen and oxygen atoms in total. The highest BCUT2D eigenvalue weighted by atomic mass is 19.4. The molecule has 0 unspecified atom stereocenters. The van der Waals surface area contributed by atoms with Gasteiger partial charge in [-0.05, 0) is 44.5 Å². The molecule has 0 fully saturated rings. The molecule has 0 aliphatic heterocycles. The van der Waals surface area contributed by atoms with E-state index < -0.39 is 40.8 Å². The molecule has 2 aromatic carbocycles. The largest absolute Gasteiger partial charge is 0.444 e. The molecule has 0 heterocycles. The summed E-state index contributed by atoms with van der Waals surface area (Å²) < 4.78 is 44.6. The smallest absolute Gasteiger partial charge is 0.417 e. The second-order valence-corrected chi connectivity index (χ2v) is 7.79. The van der Waals surface area contributed by atoms with Crippen molar-refractivity contribution in [3.05, 3.63) is 65.2 Å². The van der Waals surface area contributed by atoms with E-state index in [-0.39, 0.29) is 18.8 Å². The van der Waals surface area contributed by atoms with Gasteiger partial charge in [0.15, 0.2) is 0 Å². The van der Waals surface area contributed by atoms with Gasteiger partial charge in [-0.15, -0.1) is 0 Å². The van der Waals surface area contributed by atoms with E-state index in [1.807, 2.05) is 0 Å². The first-order chi connectivity index (χ1) is 14.9. The van der Waals surface area contributed by atoms with Gasteiger partial charge in [-0.2, -0.15) is 13.2 Å². The van der Waals surface area contributed by atoms with Crippen molar-refractivity contribution in [1.29, 1.82) is 0 Å². The third-order valence-electron chi connectivity index (χ3n) is 4.01. The first-order valence-corrected chi connectivity index (χ1v) is 9.66. The topological polar surface area (TPSA) is 96.5 Å². The van der Waals surface area contributed by atoms with Crippen LogP contribution in [0.1, 0.15) is 42.3 Å². The number of hydrogen-bond acceptors (Lipinski definition) is 4. The van der Waals surface area contributed by atoms with Crippen LogP contribution in [0.3, 0.4) is 0 Å². The van der Waals surface area contributed by atoms with Gasteiger partial charge < -0.3 is 20.7 Å². The zero-order valence-corrected chi connectivity index (χ0v) is 17.8. The maximum Gasteiger partial charge on any atom is 0.417 e. The molecule has 0 aromatic heterocycles. The van der Waals surface area contributed by atoms with E-state index >= 15 is 0 Å². The van der Waals surface area contributed by atoms with Gasteiger partial charge >= 0.3 is 12.3 Å². The highest BCUT2D eigenvalue weighted by Crippen LogP contribution is 2.32. The van der Waals surface area contributed by atoms with Crippen LogP contribution in [0.5, 0.6) is 0 Å². The number of hydrogen-bond donors (Lipinski definition) is 3. The number of ether oxygens (including phenoxy) is 1. The molecule has 0 saturated carbocycles. The average molecular weight is 451 g/mol. The normalized spacial score (nSPS) is 11.4. The van der Waals surface area contributed by atoms with Crippen LogP contribution in [0.4, 0.5) is 23.7 Å². The number of alkyl carbamates (subject to hydrolysis) is 1. The molecule has 0 aliphatic carbocycles. The summed E-state index contributed by atoms with van der Waals surface area (Å²) in [6, 6.07) is 10.8. The summed E-state index contributed by atoms with van der Waals surface area (Å²) in [5.41, 5.74) is -1.55. The molecule has 3 amide bonds. The lowest BCUT2D eigenvalue weighted by atomic mass is 10.1. The Kier molecular flexibility index (Phi) is 7.85. The van der Waals surface area contributed by atoms with E-state index in [0.29, 0.717) is 5.56 Å². The molecular formula is C22H24F3N3O4. The number of carbonyl (C=O) groups excluding carboxylic acids is 3. The number of rotatable bonds is 6. The standard InChI is InChI=1S/C22H24F3N3O4/c1-21(2,3)32-20(31)27-13-18(29)26-12-14-8-4-7-11-17(14)28-19(30)15-9-5-6-10-16(15)22(23,24)25/h4-11H,12-13H2,1-3H3,(H,26,29)(H,27,31)(H,28,30). The third kappa shape index (κ3) is 7.60. The Bertz CT molecular complexity index is 985. The van der Waals surface area contributed by atoms with Crippen LogP contribution >= 0.6 is 0 Å². The summed E-state index contributed by atoms with van der Waals surface area (Å²) in [4.78, 5) is 36.1. The molecule has 3 N–H and O–H groups in total. The second kappa shape index (κ2) is 10.2. The minimum atomic E-state index is -4.68. The summed E-state index contributed by atoms with van der Waals surface area (Å²) >= 11 is 0. The van der Waals surface area contributed by atoms with Crippen molar-refractivity contribution < 1.29 is 32.3 Å². The fourth-order valence-electron chi connectivity index (χ4n) is 2.64. The maximum absolute atomic E-state index is 13.2. The van der Waals surface area contributed by atoms with E-state index in [4.69, 9.17) is 4.74 Å². The Balaban J connectivity index is 2.01. The van der Waals surface area contributed by atoms with Crippen molar-refractivity contribution >= 4 is 23.6 Å². The number of nitrogens with one attached hydrogen (secondary N) is 3. The lowest BCUT2D eigenvalue weighted by Crippen LogP contribution is -2.39. The summed E-state index contributed by atoms with van der Waals surface area (Å²) in [5.74, 6) is -1.44. The van der Waals surface area contributed by atoms with Gasteiger partial charge in [0.1, 0.15) is 12.1 Å². The molecule has 2 aromatic rings. The van der Waals surface area contributed by atoms with Gasteiger partial charge in [-0.25, -0.2) is 4.79 Å². The molecule has 0 atom stereocenters. The molecule has 0 saturated heterocycles. The van der Waals surface area contributed by atoms with E-state index in [1.165, 1.54) is 18.2 Å². The molecule has 0 radical (unpaired) electrons. The highest BCUT2D eigenvalue weighted by molar-refractivity contribution is 6.05. The molecule has 172 valence electrons. The summed E-state index contributed by atoms with van der Waals surface area (Å²) in [7, 11) is 0. The average Bonchev–Trinajstić information content (AvgIpc) is 2.69. The number of anilines is 1. The van der Waals surface area contributed by atoms with E-state index in [9.17, 15) is 27.6 Å². The third-order valence-corrected chi connectivity index (χ3v) is 4.01. The molecular weight excluding hydrogens is 427 g/mol. The lowest BCUT2D eigenvalue weighted by molar-refractivity contribution is -0.137. The molecule has 10 heteroatoms. The van der Waals surface area contributed by atoms with Gasteiger partial charge in [0.25, 0.3) is 5.91 Å². The van der Waals surface area contributed by atoms with Crippen LogP contribution in [0, 0.1) is 0 Å². The van der Waals surface area contributed by atoms with Crippen LogP contribution in [-0.4, -0.2) is 30.1 Å². The molecule has 0 spiro atoms. The maximum atomic E-state index is 13.2. The van der Waals surface area contributed by atoms with Crippen LogP contribution < -0.4 is 16.0 Å². The van der Waals surface area contributed by atoms with Crippen molar-refractivity contribution in [2.75, 3.05) is 11.9 Å². The van der Waals surface area contributed by atoms with Crippen LogP contribution in [-0.2, 0) is 22.3 Å². The first-order valence-electron chi connectivity index (χ1n) is 9.66. The number of para-hydroxylation sites is 1. The van der Waals surface area contributed by atoms with Crippen LogP contribution in [0.2, 0.25) is 0 Å². The molecule has 0 bridgehead atoms. The van der Waals surface area contributed by atoms with E-state index in [0.717, 1.165) is 12.1 Å². The predicted octanol–water partition coefficient (Wildman–Crippen LogP) is 4.10. The van der Waals surface area contributed by atoms with E-state index in [2.05, 4.69) is 16.0 Å². The molecule has 32 heavy (non-hydrogen) atoms. The number of alkyl halides is 3. The number of benzene rings is 2. The monoisotopic (exact) mass is 451 g/mol. The highest BCUT2D eigenvalue weighted by Gasteiger charge is 2.34. The van der Waals surface area contributed by atoms with Crippen LogP contribution in [0.25, 0.3) is 0 Å². The zero-order valence-electron chi connectivity index (χ0n) is 17.8. The Hall–Kier alpha value is -3.56. The zero-order chi connectivity index (χ0) is 23.9. The van der Waals surface area contributed by atoms with Gasteiger partial charge in [-0.3, -0.25) is 9.59 Å². The lowest BCUT2D eigenvalue weighted by Gasteiger charge is -2.19. The Morgan fingerprint density at radius 2 is 1.53 bits per heavy atom. The van der Waals surface area contributed by atoms with Crippen molar-refractivity contribution in [3.63, 3.8) is 0 Å². The van der Waals surface area contributed by atoms with Crippen molar-refractivity contribution in [2.24, 2.45) is 0 Å². The van der Waals surface area contributed by atoms with Gasteiger partial charge in [0.05, 0.1) is 11.1 Å². The van der Waals surface area contributed by atoms with E-state index in [1.54, 1.807) is 39.0 Å². The number of carbonyl (C=O) groups is 3. The minimum absolute atomic E-state index is 0.0216. The van der Waals surface area contributed by atoms with Gasteiger partial charge in [-0.1, -0.05) is 30.3 Å². The number of halogens is 3. The molecule has 0 aliphatic rings. The summed E-state index contributed by atoms with van der Waals surface area (Å²) in [6.07, 6.45) is -5.42. The first kappa shape index (κ1) is 24.7. The second-order valence-electron chi connectivity index (χ2n) is 7.79. The number of amides is 3. The minimum Gasteiger partial charge on any atom is -0.444 e. The summed E-state index contributed by atoms with van der Waals surface area (Å²) in [5, 5.41) is 7.34. The van der Waals surface area contributed by atoms with Crippen LogP contribution in [0.15, 0.2) is 48.5 Å². The quantitative estimate of drug-likeness (QED) is 0.616. The predicted molar refractivity (Wildman–Crippen MR) is 112 cm³/mol. The van der Waals surface area contributed by atoms with Gasteiger partial charge in [0.2, 0.25) is 5.91 Å². The Morgan fingerprint density at radius 1 is 0.906 bits per heavy atom. The fourth-order valence-corrected chi connectivity index (χ4v) is 2.64. The Labute approximate surface area is 183 Å². The summed E-state index contributed by atoms with van der Waals surface area (Å²) in [6.45, 7) is 4.70. The van der Waals surface area contributed by atoms with Crippen molar-refractivity contribution in [3.8, 4) is 0 Å². The van der Waals surface area contributed by atoms with Crippen molar-refractivity contribution in [2.45, 2.75) is 39.1 Å². The van der Waals surface area contributed by atoms with Crippen molar-refractivity contribution in [1.82, 2.24) is 10.6 Å². The Morgan fingerprint density at radius 3 is 2.19 bits per heavy atom. The SMILES string of the molecule is CC(C)(C)OC(=O)NCC(=O)NCc1ccccc1NC(=O)c1ccccc1C(F)(F)F. The fraction of sp³-hybridized carbons (Fsp3) is 0.318. The molecule has 2 rings (SSSR count). The van der Waals surface area contributed by atoms with Gasteiger partial charge in [0, 0.05) is 12.2 Å².